The minimum atomic E-state index is -3.11. The molecule has 2 atom stereocenters. The molecule has 16 heavy (non-hydrogen) atoms. The van der Waals surface area contributed by atoms with Crippen molar-refractivity contribution < 1.29 is 8.42 Å². The third-order valence-electron chi connectivity index (χ3n) is 2.88. The van der Waals surface area contributed by atoms with Gasteiger partial charge in [-0.05, 0) is 24.7 Å². The first-order chi connectivity index (χ1) is 7.20. The largest absolute Gasteiger partial charge is 0.212 e. The van der Waals surface area contributed by atoms with Crippen molar-refractivity contribution in [3.63, 3.8) is 0 Å². The second kappa shape index (κ2) is 5.36. The molecular weight excluding hydrogens is 290 g/mol. The number of hydrogen-bond donors (Lipinski definition) is 1. The van der Waals surface area contributed by atoms with Gasteiger partial charge in [0, 0.05) is 10.9 Å². The van der Waals surface area contributed by atoms with Crippen LogP contribution in [0.2, 0.25) is 0 Å². The zero-order valence-electron chi connectivity index (χ0n) is 10.3. The molecule has 3 nitrogen and oxygen atoms in total. The van der Waals surface area contributed by atoms with E-state index in [4.69, 9.17) is 0 Å². The van der Waals surface area contributed by atoms with Gasteiger partial charge in [0.05, 0.1) is 5.75 Å². The highest BCUT2D eigenvalue weighted by molar-refractivity contribution is 9.09. The van der Waals surface area contributed by atoms with E-state index < -0.39 is 10.0 Å². The topological polar surface area (TPSA) is 46.2 Å². The maximum Gasteiger partial charge on any atom is 0.211 e. The highest BCUT2D eigenvalue weighted by Gasteiger charge is 2.29. The van der Waals surface area contributed by atoms with Crippen molar-refractivity contribution >= 4 is 26.0 Å². The predicted molar refractivity (Wildman–Crippen MR) is 71.3 cm³/mol. The maximum atomic E-state index is 11.8. The quantitative estimate of drug-likeness (QED) is 0.811. The summed E-state index contributed by atoms with van der Waals surface area (Å²) in [6, 6.07) is 0.0879. The molecule has 0 aromatic carbocycles. The van der Waals surface area contributed by atoms with Gasteiger partial charge in [-0.1, -0.05) is 43.1 Å². The number of halogens is 1. The second-order valence-corrected chi connectivity index (χ2v) is 8.85. The summed E-state index contributed by atoms with van der Waals surface area (Å²) in [6.07, 6.45) is 3.81. The van der Waals surface area contributed by atoms with Crippen LogP contribution in [-0.4, -0.2) is 25.0 Å². The minimum Gasteiger partial charge on any atom is -0.212 e. The van der Waals surface area contributed by atoms with E-state index in [0.717, 1.165) is 19.3 Å². The van der Waals surface area contributed by atoms with Gasteiger partial charge in [-0.15, -0.1) is 0 Å². The predicted octanol–water partition coefficient (Wildman–Crippen LogP) is 2.66. The molecule has 1 aliphatic rings. The molecule has 1 N–H and O–H groups in total. The van der Waals surface area contributed by atoms with Crippen LogP contribution < -0.4 is 4.72 Å². The Morgan fingerprint density at radius 2 is 1.94 bits per heavy atom. The molecule has 0 radical (unpaired) electrons. The summed E-state index contributed by atoms with van der Waals surface area (Å²) in [5, 5.41) is 0. The molecule has 0 aromatic rings. The van der Waals surface area contributed by atoms with Crippen LogP contribution >= 0.6 is 15.9 Å². The zero-order valence-corrected chi connectivity index (χ0v) is 12.7. The van der Waals surface area contributed by atoms with Crippen molar-refractivity contribution in [2.24, 2.45) is 5.41 Å². The summed E-state index contributed by atoms with van der Waals surface area (Å²) >= 11 is 3.52. The lowest BCUT2D eigenvalue weighted by Crippen LogP contribution is -2.39. The average Bonchev–Trinajstić information content (AvgIpc) is 2.47. The van der Waals surface area contributed by atoms with Gasteiger partial charge in [-0.25, -0.2) is 13.1 Å². The SMILES string of the molecule is CC(C)(C)CCS(=O)(=O)NC1CCCC1Br. The summed E-state index contributed by atoms with van der Waals surface area (Å²) in [6.45, 7) is 6.18. The van der Waals surface area contributed by atoms with Crippen LogP contribution in [0, 0.1) is 5.41 Å². The Morgan fingerprint density at radius 3 is 2.38 bits per heavy atom. The van der Waals surface area contributed by atoms with E-state index >= 15 is 0 Å². The van der Waals surface area contributed by atoms with Crippen LogP contribution in [-0.2, 0) is 10.0 Å². The van der Waals surface area contributed by atoms with Gasteiger partial charge < -0.3 is 0 Å². The van der Waals surface area contributed by atoms with E-state index in [9.17, 15) is 8.42 Å². The van der Waals surface area contributed by atoms with Crippen LogP contribution in [0.25, 0.3) is 0 Å². The molecule has 1 saturated carbocycles. The van der Waals surface area contributed by atoms with Crippen LogP contribution in [0.15, 0.2) is 0 Å². The third kappa shape index (κ3) is 5.15. The summed E-state index contributed by atoms with van der Waals surface area (Å²) in [4.78, 5) is 0.303. The van der Waals surface area contributed by atoms with E-state index in [1.54, 1.807) is 0 Å². The van der Waals surface area contributed by atoms with Gasteiger partial charge in [-0.2, -0.15) is 0 Å². The lowest BCUT2D eigenvalue weighted by Gasteiger charge is -2.20. The molecule has 1 fully saturated rings. The molecule has 5 heteroatoms. The number of rotatable bonds is 4. The summed E-state index contributed by atoms with van der Waals surface area (Å²) in [7, 11) is -3.11. The number of sulfonamides is 1. The highest BCUT2D eigenvalue weighted by Crippen LogP contribution is 2.26. The lowest BCUT2D eigenvalue weighted by atomic mass is 9.94. The molecule has 0 spiro atoms. The molecule has 96 valence electrons. The van der Waals surface area contributed by atoms with Crippen LogP contribution in [0.3, 0.4) is 0 Å². The van der Waals surface area contributed by atoms with Gasteiger partial charge >= 0.3 is 0 Å². The molecule has 0 aliphatic heterocycles. The Kier molecular flexibility index (Phi) is 4.84. The van der Waals surface area contributed by atoms with Crippen LogP contribution in [0.1, 0.15) is 46.5 Å². The zero-order chi connectivity index (χ0) is 12.4. The van der Waals surface area contributed by atoms with E-state index in [1.807, 2.05) is 0 Å². The van der Waals surface area contributed by atoms with Gasteiger partial charge in [-0.3, -0.25) is 0 Å². The fourth-order valence-electron chi connectivity index (χ4n) is 1.78. The van der Waals surface area contributed by atoms with E-state index in [1.165, 1.54) is 0 Å². The van der Waals surface area contributed by atoms with Crippen molar-refractivity contribution in [2.45, 2.75) is 57.3 Å². The second-order valence-electron chi connectivity index (χ2n) is 5.80. The Morgan fingerprint density at radius 1 is 1.31 bits per heavy atom. The lowest BCUT2D eigenvalue weighted by molar-refractivity contribution is 0.395. The Labute approximate surface area is 108 Å². The number of nitrogens with one attached hydrogen (secondary N) is 1. The number of alkyl halides is 1. The Bertz CT molecular complexity index is 321. The van der Waals surface area contributed by atoms with E-state index in [0.29, 0.717) is 11.2 Å². The van der Waals surface area contributed by atoms with Crippen molar-refractivity contribution in [1.82, 2.24) is 4.72 Å². The molecule has 2 unspecified atom stereocenters. The summed E-state index contributed by atoms with van der Waals surface area (Å²) in [5.74, 6) is 0.229. The standard InChI is InChI=1S/C11H22BrNO2S/c1-11(2,3)7-8-16(14,15)13-10-6-4-5-9(10)12/h9-10,13H,4-8H2,1-3H3. The molecular formula is C11H22BrNO2S. The fourth-order valence-corrected chi connectivity index (χ4v) is 4.42. The monoisotopic (exact) mass is 311 g/mol. The van der Waals surface area contributed by atoms with Gasteiger partial charge in [0.1, 0.15) is 0 Å². The Hall–Kier alpha value is 0.390. The minimum absolute atomic E-state index is 0.0677. The Balaban J connectivity index is 2.46. The van der Waals surface area contributed by atoms with Crippen molar-refractivity contribution in [3.8, 4) is 0 Å². The van der Waals surface area contributed by atoms with E-state index in [-0.39, 0.29) is 17.2 Å². The molecule has 0 saturated heterocycles. The van der Waals surface area contributed by atoms with Gasteiger partial charge in [0.15, 0.2) is 0 Å². The first-order valence-corrected chi connectivity index (χ1v) is 8.40. The highest BCUT2D eigenvalue weighted by atomic mass is 79.9. The third-order valence-corrected chi connectivity index (χ3v) is 5.38. The molecule has 1 aliphatic carbocycles. The average molecular weight is 312 g/mol. The van der Waals surface area contributed by atoms with Crippen molar-refractivity contribution in [3.05, 3.63) is 0 Å². The van der Waals surface area contributed by atoms with Crippen LogP contribution in [0.5, 0.6) is 0 Å². The van der Waals surface area contributed by atoms with Crippen molar-refractivity contribution in [1.29, 1.82) is 0 Å². The molecule has 0 heterocycles. The van der Waals surface area contributed by atoms with Gasteiger partial charge in [0.2, 0.25) is 10.0 Å². The molecule has 0 bridgehead atoms. The smallest absolute Gasteiger partial charge is 0.211 e. The molecule has 0 aromatic heterocycles. The molecule has 0 amide bonds. The number of hydrogen-bond acceptors (Lipinski definition) is 2. The van der Waals surface area contributed by atoms with Crippen LogP contribution in [0.4, 0.5) is 0 Å². The first kappa shape index (κ1) is 14.5. The summed E-state index contributed by atoms with van der Waals surface area (Å²) in [5.41, 5.74) is 0.0677. The van der Waals surface area contributed by atoms with E-state index in [2.05, 4.69) is 41.4 Å². The normalized spacial score (nSPS) is 27.2. The van der Waals surface area contributed by atoms with Crippen molar-refractivity contribution in [2.75, 3.05) is 5.75 Å². The first-order valence-electron chi connectivity index (χ1n) is 5.84. The summed E-state index contributed by atoms with van der Waals surface area (Å²) < 4.78 is 26.5. The maximum absolute atomic E-state index is 11.8. The molecule has 1 rings (SSSR count). The van der Waals surface area contributed by atoms with Gasteiger partial charge in [0.25, 0.3) is 0 Å². The fraction of sp³-hybridized carbons (Fsp3) is 1.00.